The Morgan fingerprint density at radius 3 is 2.60 bits per heavy atom. The van der Waals surface area contributed by atoms with Gasteiger partial charge in [0.2, 0.25) is 0 Å². The van der Waals surface area contributed by atoms with Gasteiger partial charge in [0.25, 0.3) is 0 Å². The number of benzene rings is 1. The molecule has 0 saturated heterocycles. The molecule has 3 nitrogen and oxygen atoms in total. The van der Waals surface area contributed by atoms with Gasteiger partial charge in [-0.05, 0) is 18.6 Å². The number of aliphatic carboxylic acids is 1. The molecule has 0 aliphatic carbocycles. The molecule has 1 aromatic rings. The van der Waals surface area contributed by atoms with E-state index in [1.165, 1.54) is 0 Å². The van der Waals surface area contributed by atoms with Crippen molar-refractivity contribution in [1.29, 1.82) is 0 Å². The lowest BCUT2D eigenvalue weighted by molar-refractivity contribution is -0.139. The Morgan fingerprint density at radius 1 is 1.33 bits per heavy atom. The molecular formula is C11H14O3S. The van der Waals surface area contributed by atoms with Crippen molar-refractivity contribution >= 4 is 17.7 Å². The Balaban J connectivity index is 2.19. The number of thioether (sulfide) groups is 1. The number of aliphatic hydroxyl groups excluding tert-OH is 1. The molecule has 0 amide bonds. The van der Waals surface area contributed by atoms with Gasteiger partial charge in [-0.1, -0.05) is 18.2 Å². The van der Waals surface area contributed by atoms with Crippen LogP contribution in [0.4, 0.5) is 0 Å². The maximum absolute atomic E-state index is 10.3. The lowest BCUT2D eigenvalue weighted by Gasteiger charge is -2.06. The number of carboxylic acid groups (broad SMARTS) is 1. The van der Waals surface area contributed by atoms with Gasteiger partial charge in [-0.25, -0.2) is 0 Å². The molecule has 0 saturated carbocycles. The fourth-order valence-electron chi connectivity index (χ4n) is 1.13. The lowest BCUT2D eigenvalue weighted by atomic mass is 10.2. The molecule has 0 aromatic heterocycles. The summed E-state index contributed by atoms with van der Waals surface area (Å²) in [6, 6.07) is 9.85. The molecule has 82 valence electrons. The summed E-state index contributed by atoms with van der Waals surface area (Å²) in [5.41, 5.74) is 0. The van der Waals surface area contributed by atoms with Crippen molar-refractivity contribution in [3.05, 3.63) is 30.3 Å². The SMILES string of the molecule is O=C(O)C[C@@H](O)CCSc1ccccc1. The Hall–Kier alpha value is -1.00. The average Bonchev–Trinajstić information content (AvgIpc) is 2.18. The van der Waals surface area contributed by atoms with Crippen LogP contribution < -0.4 is 0 Å². The fraction of sp³-hybridized carbons (Fsp3) is 0.364. The minimum absolute atomic E-state index is 0.171. The molecule has 4 heteroatoms. The highest BCUT2D eigenvalue weighted by Crippen LogP contribution is 2.18. The summed E-state index contributed by atoms with van der Waals surface area (Å²) in [6.07, 6.45) is -0.403. The van der Waals surface area contributed by atoms with Crippen molar-refractivity contribution in [3.63, 3.8) is 0 Å². The summed E-state index contributed by atoms with van der Waals surface area (Å²) in [7, 11) is 0. The van der Waals surface area contributed by atoms with Gasteiger partial charge in [-0.2, -0.15) is 0 Å². The van der Waals surface area contributed by atoms with E-state index in [2.05, 4.69) is 0 Å². The van der Waals surface area contributed by atoms with Gasteiger partial charge in [0.15, 0.2) is 0 Å². The number of hydrogen-bond donors (Lipinski definition) is 2. The van der Waals surface area contributed by atoms with Crippen LogP contribution in [0.2, 0.25) is 0 Å². The largest absolute Gasteiger partial charge is 0.481 e. The van der Waals surface area contributed by atoms with Crippen LogP contribution in [0.25, 0.3) is 0 Å². The minimum atomic E-state index is -0.952. The minimum Gasteiger partial charge on any atom is -0.481 e. The summed E-state index contributed by atoms with van der Waals surface area (Å²) in [5, 5.41) is 17.7. The van der Waals surface area contributed by atoms with Crippen LogP contribution in [0.3, 0.4) is 0 Å². The molecule has 0 heterocycles. The van der Waals surface area contributed by atoms with E-state index in [9.17, 15) is 9.90 Å². The van der Waals surface area contributed by atoms with E-state index in [1.807, 2.05) is 30.3 Å². The second kappa shape index (κ2) is 6.48. The summed E-state index contributed by atoms with van der Waals surface area (Å²) < 4.78 is 0. The monoisotopic (exact) mass is 226 g/mol. The molecular weight excluding hydrogens is 212 g/mol. The maximum Gasteiger partial charge on any atom is 0.305 e. The van der Waals surface area contributed by atoms with Gasteiger partial charge in [0.05, 0.1) is 12.5 Å². The maximum atomic E-state index is 10.3. The van der Waals surface area contributed by atoms with Gasteiger partial charge in [0, 0.05) is 10.6 Å². The van der Waals surface area contributed by atoms with Crippen molar-refractivity contribution in [3.8, 4) is 0 Å². The van der Waals surface area contributed by atoms with E-state index >= 15 is 0 Å². The molecule has 0 radical (unpaired) electrons. The van der Waals surface area contributed by atoms with E-state index in [4.69, 9.17) is 5.11 Å². The Kier molecular flexibility index (Phi) is 5.21. The third-order valence-corrected chi connectivity index (χ3v) is 2.92. The summed E-state index contributed by atoms with van der Waals surface area (Å²) in [6.45, 7) is 0. The predicted molar refractivity (Wildman–Crippen MR) is 60.0 cm³/mol. The highest BCUT2D eigenvalue weighted by Gasteiger charge is 2.08. The van der Waals surface area contributed by atoms with Crippen LogP contribution in [0, 0.1) is 0 Å². The Bertz CT molecular complexity index is 300. The Labute approximate surface area is 93.1 Å². The molecule has 1 rings (SSSR count). The molecule has 0 unspecified atom stereocenters. The van der Waals surface area contributed by atoms with Crippen LogP contribution in [-0.2, 0) is 4.79 Å². The zero-order valence-corrected chi connectivity index (χ0v) is 9.11. The first-order valence-electron chi connectivity index (χ1n) is 4.76. The van der Waals surface area contributed by atoms with E-state index < -0.39 is 12.1 Å². The van der Waals surface area contributed by atoms with E-state index in [0.29, 0.717) is 6.42 Å². The van der Waals surface area contributed by atoms with E-state index in [-0.39, 0.29) is 6.42 Å². The number of aliphatic hydroxyl groups is 1. The predicted octanol–water partition coefficient (Wildman–Crippen LogP) is 2.00. The average molecular weight is 226 g/mol. The van der Waals surface area contributed by atoms with Gasteiger partial charge in [-0.3, -0.25) is 4.79 Å². The smallest absolute Gasteiger partial charge is 0.305 e. The van der Waals surface area contributed by atoms with E-state index in [0.717, 1.165) is 10.6 Å². The molecule has 1 aromatic carbocycles. The third-order valence-electron chi connectivity index (χ3n) is 1.87. The molecule has 0 aliphatic rings. The summed E-state index contributed by atoms with van der Waals surface area (Å²) in [4.78, 5) is 11.4. The molecule has 0 bridgehead atoms. The van der Waals surface area contributed by atoms with Crippen LogP contribution in [0.5, 0.6) is 0 Å². The van der Waals surface area contributed by atoms with Crippen molar-refractivity contribution in [2.45, 2.75) is 23.8 Å². The molecule has 0 aliphatic heterocycles. The first kappa shape index (κ1) is 12.1. The third kappa shape index (κ3) is 5.44. The van der Waals surface area contributed by atoms with Crippen LogP contribution in [-0.4, -0.2) is 28.0 Å². The van der Waals surface area contributed by atoms with E-state index in [1.54, 1.807) is 11.8 Å². The molecule has 0 spiro atoms. The van der Waals surface area contributed by atoms with Crippen molar-refractivity contribution < 1.29 is 15.0 Å². The van der Waals surface area contributed by atoms with Crippen LogP contribution >= 0.6 is 11.8 Å². The molecule has 2 N–H and O–H groups in total. The standard InChI is InChI=1S/C11H14O3S/c12-9(8-11(13)14)6-7-15-10-4-2-1-3-5-10/h1-5,9,12H,6-8H2,(H,13,14)/t9-/m0/s1. The van der Waals surface area contributed by atoms with Gasteiger partial charge >= 0.3 is 5.97 Å². The molecule has 0 fully saturated rings. The number of rotatable bonds is 6. The summed E-state index contributed by atoms with van der Waals surface area (Å²) in [5.74, 6) is -0.217. The second-order valence-electron chi connectivity index (χ2n) is 3.20. The zero-order valence-electron chi connectivity index (χ0n) is 8.30. The Morgan fingerprint density at radius 2 is 2.00 bits per heavy atom. The fourth-order valence-corrected chi connectivity index (χ4v) is 2.11. The van der Waals surface area contributed by atoms with Crippen LogP contribution in [0.15, 0.2) is 35.2 Å². The molecule has 1 atom stereocenters. The second-order valence-corrected chi connectivity index (χ2v) is 4.37. The highest BCUT2D eigenvalue weighted by molar-refractivity contribution is 7.99. The zero-order chi connectivity index (χ0) is 11.1. The number of carbonyl (C=O) groups is 1. The van der Waals surface area contributed by atoms with Crippen LogP contribution in [0.1, 0.15) is 12.8 Å². The number of carboxylic acids is 1. The summed E-state index contributed by atoms with van der Waals surface area (Å²) >= 11 is 1.62. The topological polar surface area (TPSA) is 57.5 Å². The molecule has 15 heavy (non-hydrogen) atoms. The first-order valence-corrected chi connectivity index (χ1v) is 5.75. The first-order chi connectivity index (χ1) is 7.18. The van der Waals surface area contributed by atoms with Crippen molar-refractivity contribution in [1.82, 2.24) is 0 Å². The quantitative estimate of drug-likeness (QED) is 0.728. The normalized spacial score (nSPS) is 12.3. The van der Waals surface area contributed by atoms with Crippen molar-refractivity contribution in [2.75, 3.05) is 5.75 Å². The van der Waals surface area contributed by atoms with Crippen molar-refractivity contribution in [2.24, 2.45) is 0 Å². The van der Waals surface area contributed by atoms with Gasteiger partial charge in [0.1, 0.15) is 0 Å². The number of hydrogen-bond acceptors (Lipinski definition) is 3. The lowest BCUT2D eigenvalue weighted by Crippen LogP contribution is -2.13. The highest BCUT2D eigenvalue weighted by atomic mass is 32.2. The van der Waals surface area contributed by atoms with Gasteiger partial charge in [-0.15, -0.1) is 11.8 Å². The van der Waals surface area contributed by atoms with Gasteiger partial charge < -0.3 is 10.2 Å².